The summed E-state index contributed by atoms with van der Waals surface area (Å²) in [7, 11) is 0. The Morgan fingerprint density at radius 2 is 2.22 bits per heavy atom. The number of nitrogens with zero attached hydrogens (tertiary/aromatic N) is 1. The molecule has 1 saturated heterocycles. The van der Waals surface area contributed by atoms with Crippen molar-refractivity contribution in [3.63, 3.8) is 0 Å². The zero-order chi connectivity index (χ0) is 16.4. The van der Waals surface area contributed by atoms with Gasteiger partial charge in [-0.2, -0.15) is 0 Å². The molecule has 3 rings (SSSR count). The lowest BCUT2D eigenvalue weighted by Crippen LogP contribution is -2.46. The molecule has 0 amide bonds. The summed E-state index contributed by atoms with van der Waals surface area (Å²) >= 11 is 7.88. The van der Waals surface area contributed by atoms with Crippen molar-refractivity contribution in [1.82, 2.24) is 4.90 Å². The Bertz CT molecular complexity index is 700. The van der Waals surface area contributed by atoms with Gasteiger partial charge in [0.2, 0.25) is 0 Å². The summed E-state index contributed by atoms with van der Waals surface area (Å²) in [6.45, 7) is 2.87. The van der Waals surface area contributed by atoms with Crippen LogP contribution < -0.4 is 0 Å². The van der Waals surface area contributed by atoms with Crippen LogP contribution >= 0.6 is 22.9 Å². The molecule has 122 valence electrons. The Morgan fingerprint density at radius 1 is 1.39 bits per heavy atom. The molecule has 1 N–H and O–H groups in total. The molecule has 1 aliphatic rings. The first-order valence-electron chi connectivity index (χ1n) is 7.85. The van der Waals surface area contributed by atoms with Crippen molar-refractivity contribution in [1.29, 1.82) is 0 Å². The largest absolute Gasteiger partial charge is 0.480 e. The quantitative estimate of drug-likeness (QED) is 0.866. The van der Waals surface area contributed by atoms with Crippen molar-refractivity contribution < 1.29 is 9.90 Å². The van der Waals surface area contributed by atoms with Crippen LogP contribution in [-0.2, 0) is 4.79 Å². The number of halogens is 1. The van der Waals surface area contributed by atoms with Crippen molar-refractivity contribution in [3.05, 3.63) is 56.7 Å². The normalized spacial score (nSPS) is 20.3. The first kappa shape index (κ1) is 16.5. The molecule has 23 heavy (non-hydrogen) atoms. The van der Waals surface area contributed by atoms with E-state index in [1.165, 1.54) is 10.4 Å². The van der Waals surface area contributed by atoms with Gasteiger partial charge in [-0.25, -0.2) is 0 Å². The van der Waals surface area contributed by atoms with Crippen molar-refractivity contribution in [2.75, 3.05) is 6.54 Å². The minimum absolute atomic E-state index is 0.0474. The van der Waals surface area contributed by atoms with Crippen molar-refractivity contribution in [2.45, 2.75) is 38.3 Å². The molecule has 2 heterocycles. The fraction of sp³-hybridized carbons (Fsp3) is 0.389. The second-order valence-electron chi connectivity index (χ2n) is 6.07. The molecular formula is C18H20ClNO2S. The molecule has 0 radical (unpaired) electrons. The van der Waals surface area contributed by atoms with E-state index in [4.69, 9.17) is 11.6 Å². The number of rotatable bonds is 4. The van der Waals surface area contributed by atoms with E-state index in [0.29, 0.717) is 11.4 Å². The minimum atomic E-state index is -0.731. The molecule has 2 unspecified atom stereocenters. The van der Waals surface area contributed by atoms with Gasteiger partial charge in [-0.05, 0) is 61.0 Å². The monoisotopic (exact) mass is 349 g/mol. The number of thiophene rings is 1. The minimum Gasteiger partial charge on any atom is -0.480 e. The summed E-state index contributed by atoms with van der Waals surface area (Å²) in [5, 5.41) is 12.4. The smallest absolute Gasteiger partial charge is 0.320 e. The van der Waals surface area contributed by atoms with Gasteiger partial charge in [-0.1, -0.05) is 30.2 Å². The van der Waals surface area contributed by atoms with E-state index in [0.717, 1.165) is 24.9 Å². The lowest BCUT2D eigenvalue weighted by Gasteiger charge is -2.39. The average molecular weight is 350 g/mol. The van der Waals surface area contributed by atoms with Gasteiger partial charge >= 0.3 is 5.97 Å². The Balaban J connectivity index is 2.05. The summed E-state index contributed by atoms with van der Waals surface area (Å²) in [6.07, 6.45) is 2.71. The van der Waals surface area contributed by atoms with Crippen LogP contribution in [0.5, 0.6) is 0 Å². The Labute approximate surface area is 145 Å². The van der Waals surface area contributed by atoms with E-state index in [1.807, 2.05) is 24.3 Å². The second-order valence-corrected chi connectivity index (χ2v) is 7.45. The number of carboxylic acid groups (broad SMARTS) is 1. The van der Waals surface area contributed by atoms with E-state index >= 15 is 0 Å². The van der Waals surface area contributed by atoms with Crippen LogP contribution in [0, 0.1) is 6.92 Å². The topological polar surface area (TPSA) is 40.5 Å². The predicted molar refractivity (Wildman–Crippen MR) is 94.3 cm³/mol. The highest BCUT2D eigenvalue weighted by Gasteiger charge is 2.35. The van der Waals surface area contributed by atoms with Crippen LogP contribution in [0.1, 0.15) is 41.3 Å². The number of likely N-dealkylation sites (tertiary alicyclic amines) is 1. The third kappa shape index (κ3) is 3.60. The lowest BCUT2D eigenvalue weighted by atomic mass is 9.95. The number of benzene rings is 1. The van der Waals surface area contributed by atoms with Gasteiger partial charge in [0.25, 0.3) is 0 Å². The lowest BCUT2D eigenvalue weighted by molar-refractivity contribution is -0.145. The molecule has 1 aromatic heterocycles. The second kappa shape index (κ2) is 7.04. The molecule has 1 fully saturated rings. The molecule has 0 aliphatic carbocycles. The summed E-state index contributed by atoms with van der Waals surface area (Å²) in [6, 6.07) is 9.46. The van der Waals surface area contributed by atoms with Crippen molar-refractivity contribution in [3.8, 4) is 0 Å². The number of aliphatic carboxylic acids is 1. The van der Waals surface area contributed by atoms with Gasteiger partial charge in [0, 0.05) is 9.90 Å². The van der Waals surface area contributed by atoms with Gasteiger partial charge in [0.1, 0.15) is 6.04 Å². The first-order chi connectivity index (χ1) is 11.1. The van der Waals surface area contributed by atoms with Crippen LogP contribution in [-0.4, -0.2) is 28.6 Å². The highest BCUT2D eigenvalue weighted by Crippen LogP contribution is 2.37. The van der Waals surface area contributed by atoms with E-state index in [1.54, 1.807) is 11.3 Å². The van der Waals surface area contributed by atoms with Crippen LogP contribution in [0.3, 0.4) is 0 Å². The van der Waals surface area contributed by atoms with Gasteiger partial charge in [0.05, 0.1) is 6.04 Å². The molecular weight excluding hydrogens is 330 g/mol. The number of hydrogen-bond donors (Lipinski definition) is 1. The number of hydrogen-bond acceptors (Lipinski definition) is 3. The van der Waals surface area contributed by atoms with Gasteiger partial charge in [0.15, 0.2) is 0 Å². The summed E-state index contributed by atoms with van der Waals surface area (Å²) in [4.78, 5) is 15.0. The predicted octanol–water partition coefficient (Wildman–Crippen LogP) is 4.74. The SMILES string of the molecule is Cc1csc(C(c2cccc(Cl)c2)N2CCCCC2C(=O)O)c1. The van der Waals surface area contributed by atoms with E-state index in [-0.39, 0.29) is 6.04 Å². The highest BCUT2D eigenvalue weighted by molar-refractivity contribution is 7.10. The maximum Gasteiger partial charge on any atom is 0.320 e. The van der Waals surface area contributed by atoms with Crippen LogP contribution in [0.4, 0.5) is 0 Å². The molecule has 0 saturated carbocycles. The third-order valence-electron chi connectivity index (χ3n) is 4.35. The highest BCUT2D eigenvalue weighted by atomic mass is 35.5. The Kier molecular flexibility index (Phi) is 5.05. The molecule has 3 nitrogen and oxygen atoms in total. The summed E-state index contributed by atoms with van der Waals surface area (Å²) in [5.74, 6) is -0.731. The van der Waals surface area contributed by atoms with Gasteiger partial charge in [-0.3, -0.25) is 9.69 Å². The molecule has 2 aromatic rings. The third-order valence-corrected chi connectivity index (χ3v) is 5.68. The zero-order valence-electron chi connectivity index (χ0n) is 13.0. The molecule has 0 bridgehead atoms. The van der Waals surface area contributed by atoms with E-state index in [9.17, 15) is 9.90 Å². The number of piperidine rings is 1. The zero-order valence-corrected chi connectivity index (χ0v) is 14.6. The standard InChI is InChI=1S/C18H20ClNO2S/c1-12-9-16(23-11-12)17(13-5-4-6-14(19)10-13)20-8-3-2-7-15(20)18(21)22/h4-6,9-11,15,17H,2-3,7-8H2,1H3,(H,21,22). The summed E-state index contributed by atoms with van der Waals surface area (Å²) < 4.78 is 0. The first-order valence-corrected chi connectivity index (χ1v) is 9.11. The fourth-order valence-corrected chi connectivity index (χ4v) is 4.56. The average Bonchev–Trinajstić information content (AvgIpc) is 2.94. The van der Waals surface area contributed by atoms with Crippen LogP contribution in [0.25, 0.3) is 0 Å². The molecule has 1 aliphatic heterocycles. The van der Waals surface area contributed by atoms with Crippen molar-refractivity contribution in [2.24, 2.45) is 0 Å². The van der Waals surface area contributed by atoms with Crippen LogP contribution in [0.15, 0.2) is 35.7 Å². The van der Waals surface area contributed by atoms with Crippen molar-refractivity contribution >= 4 is 28.9 Å². The summed E-state index contributed by atoms with van der Waals surface area (Å²) in [5.41, 5.74) is 2.27. The number of carbonyl (C=O) groups is 1. The van der Waals surface area contributed by atoms with E-state index in [2.05, 4.69) is 23.3 Å². The Hall–Kier alpha value is -1.36. The fourth-order valence-electron chi connectivity index (χ4n) is 3.32. The molecule has 2 atom stereocenters. The maximum atomic E-state index is 11.7. The van der Waals surface area contributed by atoms with Crippen LogP contribution in [0.2, 0.25) is 5.02 Å². The molecule has 1 aromatic carbocycles. The number of carboxylic acids is 1. The van der Waals surface area contributed by atoms with Gasteiger partial charge in [-0.15, -0.1) is 11.3 Å². The van der Waals surface area contributed by atoms with E-state index < -0.39 is 12.0 Å². The van der Waals surface area contributed by atoms with Gasteiger partial charge < -0.3 is 5.11 Å². The Morgan fingerprint density at radius 3 is 2.87 bits per heavy atom. The number of aryl methyl sites for hydroxylation is 1. The molecule has 5 heteroatoms. The maximum absolute atomic E-state index is 11.7. The molecule has 0 spiro atoms.